The Morgan fingerprint density at radius 3 is 1.70 bits per heavy atom. The van der Waals surface area contributed by atoms with E-state index in [1.165, 1.54) is 6.42 Å². The van der Waals surface area contributed by atoms with Crippen LogP contribution >= 0.6 is 0 Å². The summed E-state index contributed by atoms with van der Waals surface area (Å²) in [6, 6.07) is 9.86. The van der Waals surface area contributed by atoms with Gasteiger partial charge in [-0.05, 0) is 79.8 Å². The van der Waals surface area contributed by atoms with Crippen LogP contribution in [0.3, 0.4) is 0 Å². The zero-order valence-corrected chi connectivity index (χ0v) is 26.2. The van der Waals surface area contributed by atoms with Gasteiger partial charge in [0.05, 0.1) is 10.8 Å². The van der Waals surface area contributed by atoms with Crippen molar-refractivity contribution in [3.8, 4) is 0 Å². The second kappa shape index (κ2) is 12.7. The number of carbonyl (C=O) groups is 4. The fraction of sp³-hybridized carbons (Fsp3) is 0.543. The number of carbonyl (C=O) groups excluding carboxylic acids is 4. The van der Waals surface area contributed by atoms with E-state index in [1.54, 1.807) is 6.07 Å². The number of hydrogen-bond acceptors (Lipinski definition) is 6. The molecular weight excluding hydrogens is 586 g/mol. The normalized spacial score (nSPS) is 22.5. The minimum absolute atomic E-state index is 0.0154. The van der Waals surface area contributed by atoms with Crippen LogP contribution in [-0.2, 0) is 34.7 Å². The molecule has 4 aliphatic heterocycles. The molecule has 5 N–H and O–H groups in total. The van der Waals surface area contributed by atoms with Crippen molar-refractivity contribution < 1.29 is 28.7 Å². The summed E-state index contributed by atoms with van der Waals surface area (Å²) in [5, 5.41) is 15.0. The molecule has 11 nitrogen and oxygen atoms in total. The first-order valence-electron chi connectivity index (χ1n) is 16.8. The smallest absolute Gasteiger partial charge is 0.319 e. The highest BCUT2D eigenvalue weighted by Crippen LogP contribution is 2.46. The summed E-state index contributed by atoms with van der Waals surface area (Å²) in [7, 11) is 0. The Labute approximate surface area is 268 Å². The van der Waals surface area contributed by atoms with Gasteiger partial charge < -0.3 is 36.1 Å². The SMILES string of the molecule is O=C(Nc1ccc2c(c1)NC(=O)C21CCOCC1)NC(C(=O)Nc1ccc2c(c1)NC(=O)C21CCOCC1)C1CCCCCCC1. The molecule has 0 radical (unpaired) electrons. The molecule has 0 bridgehead atoms. The highest BCUT2D eigenvalue weighted by Gasteiger charge is 2.48. The van der Waals surface area contributed by atoms with Gasteiger partial charge in [-0.3, -0.25) is 14.4 Å². The van der Waals surface area contributed by atoms with E-state index in [2.05, 4.69) is 26.6 Å². The third kappa shape index (κ3) is 5.64. The maximum atomic E-state index is 13.9. The summed E-state index contributed by atoms with van der Waals surface area (Å²) in [5.41, 5.74) is 3.24. The summed E-state index contributed by atoms with van der Waals surface area (Å²) >= 11 is 0. The highest BCUT2D eigenvalue weighted by atomic mass is 16.5. The number of rotatable bonds is 5. The van der Waals surface area contributed by atoms with Crippen molar-refractivity contribution in [3.05, 3.63) is 47.5 Å². The number of ether oxygens (including phenoxy) is 2. The summed E-state index contributed by atoms with van der Waals surface area (Å²) in [5.74, 6) is -0.344. The van der Waals surface area contributed by atoms with Gasteiger partial charge >= 0.3 is 6.03 Å². The Morgan fingerprint density at radius 1 is 0.696 bits per heavy atom. The van der Waals surface area contributed by atoms with Crippen molar-refractivity contribution in [2.24, 2.45) is 5.92 Å². The third-order valence-electron chi connectivity index (χ3n) is 10.8. The lowest BCUT2D eigenvalue weighted by molar-refractivity contribution is -0.124. The molecule has 2 saturated heterocycles. The van der Waals surface area contributed by atoms with E-state index >= 15 is 0 Å². The number of nitrogens with one attached hydrogen (secondary N) is 5. The second-order valence-electron chi connectivity index (χ2n) is 13.5. The van der Waals surface area contributed by atoms with Crippen LogP contribution in [0.5, 0.6) is 0 Å². The number of hydrogen-bond donors (Lipinski definition) is 5. The first-order chi connectivity index (χ1) is 22.4. The van der Waals surface area contributed by atoms with Crippen molar-refractivity contribution >= 4 is 46.5 Å². The van der Waals surface area contributed by atoms with Gasteiger partial charge in [-0.1, -0.05) is 44.2 Å². The molecule has 7 rings (SSSR count). The second-order valence-corrected chi connectivity index (χ2v) is 13.5. The number of benzene rings is 2. The molecule has 1 aliphatic carbocycles. The van der Waals surface area contributed by atoms with E-state index in [1.807, 2.05) is 30.3 Å². The Balaban J connectivity index is 1.07. The average molecular weight is 630 g/mol. The summed E-state index contributed by atoms with van der Waals surface area (Å²) in [6.07, 6.45) is 9.64. The van der Waals surface area contributed by atoms with Crippen LogP contribution in [0.1, 0.15) is 81.8 Å². The standard InChI is InChI=1S/C35H43N5O6/c41-30(36-23-8-10-25-27(20-23)38-31(42)34(25)12-16-45-17-13-34)29(22-6-4-2-1-3-5-7-22)40-33(44)37-24-9-11-26-28(21-24)39-32(43)35(26)14-18-46-19-15-35/h8-11,20-22,29H,1-7,12-19H2,(H,36,41)(H,38,42)(H,39,43)(H2,37,40,44). The summed E-state index contributed by atoms with van der Waals surface area (Å²) < 4.78 is 11.0. The molecule has 0 aromatic heterocycles. The highest BCUT2D eigenvalue weighted by molar-refractivity contribution is 6.08. The first kappa shape index (κ1) is 30.7. The fourth-order valence-electron chi connectivity index (χ4n) is 8.19. The maximum Gasteiger partial charge on any atom is 0.319 e. The molecule has 2 aromatic carbocycles. The van der Waals surface area contributed by atoms with E-state index in [0.29, 0.717) is 74.9 Å². The van der Waals surface area contributed by atoms with Gasteiger partial charge in [-0.25, -0.2) is 4.79 Å². The lowest BCUT2D eigenvalue weighted by atomic mass is 9.75. The molecule has 4 heterocycles. The molecule has 1 atom stereocenters. The fourth-order valence-corrected chi connectivity index (χ4v) is 8.19. The van der Waals surface area contributed by atoms with E-state index < -0.39 is 22.9 Å². The Kier molecular flexibility index (Phi) is 8.46. The molecule has 1 unspecified atom stereocenters. The number of urea groups is 1. The summed E-state index contributed by atoms with van der Waals surface area (Å²) in [6.45, 7) is 2.16. The first-order valence-corrected chi connectivity index (χ1v) is 16.8. The van der Waals surface area contributed by atoms with Crippen molar-refractivity contribution in [3.63, 3.8) is 0 Å². The van der Waals surface area contributed by atoms with Gasteiger partial charge in [0.2, 0.25) is 17.7 Å². The molecule has 11 heteroatoms. The van der Waals surface area contributed by atoms with E-state index in [0.717, 1.165) is 49.7 Å². The third-order valence-corrected chi connectivity index (χ3v) is 10.8. The molecule has 244 valence electrons. The largest absolute Gasteiger partial charge is 0.381 e. The quantitative estimate of drug-likeness (QED) is 0.308. The van der Waals surface area contributed by atoms with Gasteiger partial charge in [0.15, 0.2) is 0 Å². The molecule has 5 amide bonds. The number of amides is 5. The zero-order valence-electron chi connectivity index (χ0n) is 26.2. The van der Waals surface area contributed by atoms with Gasteiger partial charge in [0.1, 0.15) is 6.04 Å². The Bertz CT molecular complexity index is 1520. The number of fused-ring (bicyclic) bond motifs is 4. The van der Waals surface area contributed by atoms with Crippen molar-refractivity contribution in [2.75, 3.05) is 47.7 Å². The van der Waals surface area contributed by atoms with Crippen molar-refractivity contribution in [1.82, 2.24) is 5.32 Å². The van der Waals surface area contributed by atoms with Crippen LogP contribution in [0.2, 0.25) is 0 Å². The zero-order chi connectivity index (χ0) is 31.7. The van der Waals surface area contributed by atoms with Crippen LogP contribution in [0.25, 0.3) is 0 Å². The van der Waals surface area contributed by atoms with E-state index in [9.17, 15) is 19.2 Å². The predicted molar refractivity (Wildman–Crippen MR) is 174 cm³/mol. The predicted octanol–water partition coefficient (Wildman–Crippen LogP) is 5.18. The lowest BCUT2D eigenvalue weighted by Gasteiger charge is -2.31. The van der Waals surface area contributed by atoms with Crippen molar-refractivity contribution in [2.45, 2.75) is 87.5 Å². The summed E-state index contributed by atoms with van der Waals surface area (Å²) in [4.78, 5) is 53.3. The van der Waals surface area contributed by atoms with Gasteiger partial charge in [0, 0.05) is 49.2 Å². The Morgan fingerprint density at radius 2 is 1.17 bits per heavy atom. The molecular formula is C35H43N5O6. The van der Waals surface area contributed by atoms with Crippen molar-refractivity contribution in [1.29, 1.82) is 0 Å². The van der Waals surface area contributed by atoms with Crippen LogP contribution < -0.4 is 26.6 Å². The van der Waals surface area contributed by atoms with E-state index in [4.69, 9.17) is 9.47 Å². The molecule has 2 aromatic rings. The van der Waals surface area contributed by atoms with Crippen LogP contribution in [0.15, 0.2) is 36.4 Å². The topological polar surface area (TPSA) is 147 Å². The molecule has 3 fully saturated rings. The molecule has 5 aliphatic rings. The minimum atomic E-state index is -0.748. The van der Waals surface area contributed by atoms with Gasteiger partial charge in [-0.15, -0.1) is 0 Å². The van der Waals surface area contributed by atoms with Crippen LogP contribution in [0, 0.1) is 5.92 Å². The van der Waals surface area contributed by atoms with E-state index in [-0.39, 0.29) is 23.6 Å². The maximum absolute atomic E-state index is 13.9. The van der Waals surface area contributed by atoms with Gasteiger partial charge in [-0.2, -0.15) is 0 Å². The molecule has 1 saturated carbocycles. The lowest BCUT2D eigenvalue weighted by Crippen LogP contribution is -2.50. The van der Waals surface area contributed by atoms with Gasteiger partial charge in [0.25, 0.3) is 0 Å². The van der Waals surface area contributed by atoms with Crippen LogP contribution in [0.4, 0.5) is 27.5 Å². The van der Waals surface area contributed by atoms with Crippen LogP contribution in [-0.4, -0.2) is 56.2 Å². The Hall–Kier alpha value is -3.96. The minimum Gasteiger partial charge on any atom is -0.381 e. The monoisotopic (exact) mass is 629 g/mol. The number of anilines is 4. The molecule has 46 heavy (non-hydrogen) atoms. The average Bonchev–Trinajstić information content (AvgIpc) is 3.44. The molecule has 2 spiro atoms.